The van der Waals surface area contributed by atoms with E-state index in [1.54, 1.807) is 11.3 Å². The summed E-state index contributed by atoms with van der Waals surface area (Å²) < 4.78 is 0. The summed E-state index contributed by atoms with van der Waals surface area (Å²) in [6.45, 7) is 4.82. The molecule has 84 valence electrons. The van der Waals surface area contributed by atoms with Crippen LogP contribution in [0.2, 0.25) is 0 Å². The maximum absolute atomic E-state index is 5.99. The number of anilines is 2. The summed E-state index contributed by atoms with van der Waals surface area (Å²) in [5, 5.41) is 3.34. The fourth-order valence-electron chi connectivity index (χ4n) is 1.51. The molecule has 0 aliphatic heterocycles. The molecule has 2 rings (SSSR count). The van der Waals surface area contributed by atoms with Gasteiger partial charge in [0.2, 0.25) is 0 Å². The molecule has 16 heavy (non-hydrogen) atoms. The van der Waals surface area contributed by atoms with E-state index in [0.717, 1.165) is 29.2 Å². The van der Waals surface area contributed by atoms with Crippen molar-refractivity contribution in [1.82, 2.24) is 4.98 Å². The molecule has 0 aliphatic carbocycles. The SMILES string of the molecule is Cc1cccc(NCc2scnc2C)c1N. The largest absolute Gasteiger partial charge is 0.397 e. The van der Waals surface area contributed by atoms with Gasteiger partial charge >= 0.3 is 0 Å². The topological polar surface area (TPSA) is 50.9 Å². The van der Waals surface area contributed by atoms with Crippen molar-refractivity contribution in [3.63, 3.8) is 0 Å². The van der Waals surface area contributed by atoms with Crippen molar-refractivity contribution in [3.05, 3.63) is 39.8 Å². The Morgan fingerprint density at radius 3 is 2.88 bits per heavy atom. The smallest absolute Gasteiger partial charge is 0.0798 e. The van der Waals surface area contributed by atoms with E-state index >= 15 is 0 Å². The zero-order valence-corrected chi connectivity index (χ0v) is 10.3. The summed E-state index contributed by atoms with van der Waals surface area (Å²) in [5.74, 6) is 0. The number of aryl methyl sites for hydroxylation is 2. The second-order valence-corrected chi connectivity index (χ2v) is 4.69. The number of nitrogen functional groups attached to an aromatic ring is 1. The van der Waals surface area contributed by atoms with Crippen molar-refractivity contribution >= 4 is 22.7 Å². The quantitative estimate of drug-likeness (QED) is 0.801. The Hall–Kier alpha value is -1.55. The first kappa shape index (κ1) is 11.0. The Balaban J connectivity index is 2.11. The van der Waals surface area contributed by atoms with Crippen LogP contribution >= 0.6 is 11.3 Å². The van der Waals surface area contributed by atoms with Crippen molar-refractivity contribution in [2.45, 2.75) is 20.4 Å². The Labute approximate surface area is 99.3 Å². The molecule has 0 unspecified atom stereocenters. The number of nitrogens with zero attached hydrogens (tertiary/aromatic N) is 1. The van der Waals surface area contributed by atoms with E-state index in [9.17, 15) is 0 Å². The highest BCUT2D eigenvalue weighted by Gasteiger charge is 2.03. The van der Waals surface area contributed by atoms with Crippen LogP contribution in [-0.2, 0) is 6.54 Å². The summed E-state index contributed by atoms with van der Waals surface area (Å²) in [7, 11) is 0. The van der Waals surface area contributed by atoms with E-state index in [1.807, 2.05) is 37.6 Å². The van der Waals surface area contributed by atoms with Gasteiger partial charge in [-0.3, -0.25) is 0 Å². The molecule has 3 N–H and O–H groups in total. The second-order valence-electron chi connectivity index (χ2n) is 3.75. The van der Waals surface area contributed by atoms with Gasteiger partial charge in [-0.05, 0) is 25.5 Å². The predicted octanol–water partition coefficient (Wildman–Crippen LogP) is 2.95. The van der Waals surface area contributed by atoms with E-state index < -0.39 is 0 Å². The molecule has 0 saturated heterocycles. The van der Waals surface area contributed by atoms with E-state index in [1.165, 1.54) is 4.88 Å². The number of benzene rings is 1. The second kappa shape index (κ2) is 4.53. The first-order valence-corrected chi connectivity index (χ1v) is 6.04. The van der Waals surface area contributed by atoms with Gasteiger partial charge < -0.3 is 11.1 Å². The normalized spacial score (nSPS) is 10.4. The molecule has 0 amide bonds. The molecule has 2 aromatic rings. The third-order valence-corrected chi connectivity index (χ3v) is 3.54. The number of rotatable bonds is 3. The van der Waals surface area contributed by atoms with Crippen LogP contribution in [0.25, 0.3) is 0 Å². The Morgan fingerprint density at radius 2 is 2.19 bits per heavy atom. The minimum absolute atomic E-state index is 0.782. The van der Waals surface area contributed by atoms with Crippen LogP contribution < -0.4 is 11.1 Å². The van der Waals surface area contributed by atoms with Gasteiger partial charge in [0, 0.05) is 4.88 Å². The van der Waals surface area contributed by atoms with Crippen molar-refractivity contribution < 1.29 is 0 Å². The lowest BCUT2D eigenvalue weighted by Gasteiger charge is -2.10. The Bertz CT molecular complexity index is 491. The lowest BCUT2D eigenvalue weighted by atomic mass is 10.2. The lowest BCUT2D eigenvalue weighted by molar-refractivity contribution is 1.12. The van der Waals surface area contributed by atoms with Crippen LogP contribution in [-0.4, -0.2) is 4.98 Å². The molecule has 3 nitrogen and oxygen atoms in total. The van der Waals surface area contributed by atoms with Crippen molar-refractivity contribution in [3.8, 4) is 0 Å². The number of aromatic nitrogens is 1. The van der Waals surface area contributed by atoms with Gasteiger partial charge in [-0.2, -0.15) is 0 Å². The van der Waals surface area contributed by atoms with Crippen LogP contribution in [0.4, 0.5) is 11.4 Å². The molecular weight excluding hydrogens is 218 g/mol. The molecule has 0 aliphatic rings. The van der Waals surface area contributed by atoms with E-state index in [4.69, 9.17) is 5.73 Å². The zero-order valence-electron chi connectivity index (χ0n) is 9.45. The highest BCUT2D eigenvalue weighted by Crippen LogP contribution is 2.23. The molecule has 0 atom stereocenters. The summed E-state index contributed by atoms with van der Waals surface area (Å²) in [4.78, 5) is 5.47. The van der Waals surface area contributed by atoms with E-state index in [-0.39, 0.29) is 0 Å². The van der Waals surface area contributed by atoms with E-state index in [2.05, 4.69) is 10.3 Å². The summed E-state index contributed by atoms with van der Waals surface area (Å²) >= 11 is 1.66. The Morgan fingerprint density at radius 1 is 1.38 bits per heavy atom. The summed E-state index contributed by atoms with van der Waals surface area (Å²) in [6, 6.07) is 6.02. The minimum Gasteiger partial charge on any atom is -0.397 e. The van der Waals surface area contributed by atoms with Gasteiger partial charge in [-0.1, -0.05) is 12.1 Å². The highest BCUT2D eigenvalue weighted by molar-refractivity contribution is 7.09. The lowest BCUT2D eigenvalue weighted by Crippen LogP contribution is -2.03. The number of thiazole rings is 1. The average molecular weight is 233 g/mol. The maximum atomic E-state index is 5.99. The molecule has 1 aromatic heterocycles. The van der Waals surface area contributed by atoms with Crippen LogP contribution in [0.5, 0.6) is 0 Å². The van der Waals surface area contributed by atoms with Crippen LogP contribution in [0, 0.1) is 13.8 Å². The average Bonchev–Trinajstić information content (AvgIpc) is 2.67. The summed E-state index contributed by atoms with van der Waals surface area (Å²) in [6.07, 6.45) is 0. The van der Waals surface area contributed by atoms with Crippen LogP contribution in [0.1, 0.15) is 16.1 Å². The highest BCUT2D eigenvalue weighted by atomic mass is 32.1. The number of nitrogens with two attached hydrogens (primary N) is 1. The molecule has 1 aromatic carbocycles. The number of nitrogens with one attached hydrogen (secondary N) is 1. The summed E-state index contributed by atoms with van der Waals surface area (Å²) in [5.41, 5.74) is 11.9. The third-order valence-electron chi connectivity index (χ3n) is 2.61. The van der Waals surface area contributed by atoms with Crippen molar-refractivity contribution in [2.24, 2.45) is 0 Å². The number of hydrogen-bond acceptors (Lipinski definition) is 4. The molecule has 0 bridgehead atoms. The fraction of sp³-hybridized carbons (Fsp3) is 0.250. The number of para-hydroxylation sites is 1. The predicted molar refractivity (Wildman–Crippen MR) is 69.8 cm³/mol. The fourth-order valence-corrected chi connectivity index (χ4v) is 2.22. The molecule has 4 heteroatoms. The maximum Gasteiger partial charge on any atom is 0.0798 e. The van der Waals surface area contributed by atoms with Gasteiger partial charge in [0.25, 0.3) is 0 Å². The molecule has 0 radical (unpaired) electrons. The van der Waals surface area contributed by atoms with Gasteiger partial charge in [-0.25, -0.2) is 4.98 Å². The van der Waals surface area contributed by atoms with E-state index in [0.29, 0.717) is 0 Å². The first-order valence-electron chi connectivity index (χ1n) is 5.16. The van der Waals surface area contributed by atoms with Gasteiger partial charge in [-0.15, -0.1) is 11.3 Å². The molecule has 0 spiro atoms. The zero-order chi connectivity index (χ0) is 11.5. The molecule has 0 saturated carbocycles. The Kier molecular flexibility index (Phi) is 3.10. The molecular formula is C12H15N3S. The number of hydrogen-bond donors (Lipinski definition) is 2. The van der Waals surface area contributed by atoms with Crippen LogP contribution in [0.3, 0.4) is 0 Å². The van der Waals surface area contributed by atoms with Gasteiger partial charge in [0.15, 0.2) is 0 Å². The van der Waals surface area contributed by atoms with Crippen LogP contribution in [0.15, 0.2) is 23.7 Å². The van der Waals surface area contributed by atoms with Crippen molar-refractivity contribution in [2.75, 3.05) is 11.1 Å². The third kappa shape index (κ3) is 2.17. The van der Waals surface area contributed by atoms with Crippen molar-refractivity contribution in [1.29, 1.82) is 0 Å². The molecule has 0 fully saturated rings. The van der Waals surface area contributed by atoms with Gasteiger partial charge in [0.05, 0.1) is 29.1 Å². The first-order chi connectivity index (χ1) is 7.68. The monoisotopic (exact) mass is 233 g/mol. The standard InChI is InChI=1S/C12H15N3S/c1-8-4-3-5-10(12(8)13)14-6-11-9(2)15-7-16-11/h3-5,7,14H,6,13H2,1-2H3. The molecule has 1 heterocycles. The minimum atomic E-state index is 0.782. The van der Waals surface area contributed by atoms with Gasteiger partial charge in [0.1, 0.15) is 0 Å².